The number of hydrogen-bond donors (Lipinski definition) is 1. The smallest absolute Gasteiger partial charge is 0.315 e. The molecule has 5 heteroatoms. The van der Waals surface area contributed by atoms with Crippen molar-refractivity contribution in [1.82, 2.24) is 5.32 Å². The Morgan fingerprint density at radius 2 is 2.31 bits per heavy atom. The molecule has 1 N–H and O–H groups in total. The number of halogens is 1. The predicted octanol–water partition coefficient (Wildman–Crippen LogP) is 1.81. The van der Waals surface area contributed by atoms with E-state index in [0.29, 0.717) is 11.4 Å². The van der Waals surface area contributed by atoms with Crippen LogP contribution in [0, 0.1) is 5.82 Å². The van der Waals surface area contributed by atoms with Crippen LogP contribution < -0.4 is 5.32 Å². The number of ether oxygens (including phenoxy) is 1. The van der Waals surface area contributed by atoms with Gasteiger partial charge in [-0.25, -0.2) is 4.39 Å². The molecule has 0 atom stereocenters. The number of carbonyl (C=O) groups is 1. The standard InChI is InChI=1S/C11H14FNO2S/c1-13-6-8-4-3-5-9(12)11(8)16-7-10(14)15-2/h3-5,13H,6-7H2,1-2H3. The highest BCUT2D eigenvalue weighted by Crippen LogP contribution is 2.26. The molecule has 0 aromatic heterocycles. The molecule has 0 bridgehead atoms. The Kier molecular flexibility index (Phi) is 5.28. The molecule has 0 saturated carbocycles. The van der Waals surface area contributed by atoms with Crippen molar-refractivity contribution in [1.29, 1.82) is 0 Å². The van der Waals surface area contributed by atoms with Gasteiger partial charge in [-0.1, -0.05) is 12.1 Å². The van der Waals surface area contributed by atoms with Crippen LogP contribution in [0.3, 0.4) is 0 Å². The van der Waals surface area contributed by atoms with Gasteiger partial charge in [0.25, 0.3) is 0 Å². The van der Waals surface area contributed by atoms with E-state index >= 15 is 0 Å². The van der Waals surface area contributed by atoms with Gasteiger partial charge in [0.15, 0.2) is 0 Å². The zero-order valence-electron chi connectivity index (χ0n) is 9.25. The number of rotatable bonds is 5. The van der Waals surface area contributed by atoms with Crippen LogP contribution in [-0.2, 0) is 16.1 Å². The van der Waals surface area contributed by atoms with Crippen molar-refractivity contribution in [2.75, 3.05) is 19.9 Å². The Balaban J connectivity index is 2.79. The average Bonchev–Trinajstić information content (AvgIpc) is 2.28. The predicted molar refractivity (Wildman–Crippen MR) is 61.9 cm³/mol. The molecule has 1 aromatic carbocycles. The number of esters is 1. The van der Waals surface area contributed by atoms with Crippen LogP contribution in [-0.4, -0.2) is 25.9 Å². The van der Waals surface area contributed by atoms with E-state index in [2.05, 4.69) is 10.1 Å². The van der Waals surface area contributed by atoms with Crippen LogP contribution in [0.25, 0.3) is 0 Å². The number of hydrogen-bond acceptors (Lipinski definition) is 4. The van der Waals surface area contributed by atoms with Gasteiger partial charge in [-0.2, -0.15) is 0 Å². The second-order valence-corrected chi connectivity index (χ2v) is 4.11. The first-order valence-corrected chi connectivity index (χ1v) is 5.79. The fourth-order valence-electron chi connectivity index (χ4n) is 1.23. The van der Waals surface area contributed by atoms with E-state index in [1.54, 1.807) is 13.1 Å². The third-order valence-corrected chi connectivity index (χ3v) is 3.10. The summed E-state index contributed by atoms with van der Waals surface area (Å²) < 4.78 is 18.0. The highest BCUT2D eigenvalue weighted by atomic mass is 32.2. The summed E-state index contributed by atoms with van der Waals surface area (Å²) in [5.74, 6) is -0.543. The van der Waals surface area contributed by atoms with Crippen molar-refractivity contribution in [3.8, 4) is 0 Å². The molecule has 0 spiro atoms. The summed E-state index contributed by atoms with van der Waals surface area (Å²) in [5.41, 5.74) is 0.844. The van der Waals surface area contributed by atoms with Crippen LogP contribution in [0.2, 0.25) is 0 Å². The Hall–Kier alpha value is -1.07. The lowest BCUT2D eigenvalue weighted by Gasteiger charge is -2.09. The minimum atomic E-state index is -0.358. The highest BCUT2D eigenvalue weighted by molar-refractivity contribution is 8.00. The lowest BCUT2D eigenvalue weighted by atomic mass is 10.2. The first-order valence-electron chi connectivity index (χ1n) is 4.80. The molecule has 0 aliphatic heterocycles. The topological polar surface area (TPSA) is 38.3 Å². The number of carbonyl (C=O) groups excluding carboxylic acids is 1. The zero-order chi connectivity index (χ0) is 12.0. The van der Waals surface area contributed by atoms with Crippen LogP contribution in [0.4, 0.5) is 4.39 Å². The monoisotopic (exact) mass is 243 g/mol. The van der Waals surface area contributed by atoms with E-state index in [9.17, 15) is 9.18 Å². The van der Waals surface area contributed by atoms with Crippen molar-refractivity contribution in [2.45, 2.75) is 11.4 Å². The summed E-state index contributed by atoms with van der Waals surface area (Å²) in [7, 11) is 3.11. The average molecular weight is 243 g/mol. The molecule has 0 aliphatic carbocycles. The summed E-state index contributed by atoms with van der Waals surface area (Å²) in [6.45, 7) is 0.571. The number of methoxy groups -OCH3 is 1. The van der Waals surface area contributed by atoms with Gasteiger partial charge in [0.1, 0.15) is 5.82 Å². The van der Waals surface area contributed by atoms with E-state index in [4.69, 9.17) is 0 Å². The summed E-state index contributed by atoms with van der Waals surface area (Å²) >= 11 is 1.16. The van der Waals surface area contributed by atoms with Crippen molar-refractivity contribution in [3.05, 3.63) is 29.6 Å². The molecular formula is C11H14FNO2S. The molecule has 88 valence electrons. The van der Waals surface area contributed by atoms with Gasteiger partial charge in [0.05, 0.1) is 12.9 Å². The highest BCUT2D eigenvalue weighted by Gasteiger charge is 2.10. The maximum Gasteiger partial charge on any atom is 0.315 e. The maximum absolute atomic E-state index is 13.5. The summed E-state index contributed by atoms with van der Waals surface area (Å²) in [6.07, 6.45) is 0. The van der Waals surface area contributed by atoms with E-state index in [0.717, 1.165) is 17.3 Å². The van der Waals surface area contributed by atoms with Crippen LogP contribution >= 0.6 is 11.8 Å². The Labute approximate surface area is 98.4 Å². The summed E-state index contributed by atoms with van der Waals surface area (Å²) in [5, 5.41) is 2.96. The van der Waals surface area contributed by atoms with Gasteiger partial charge >= 0.3 is 5.97 Å². The maximum atomic E-state index is 13.5. The second kappa shape index (κ2) is 6.50. The van der Waals surface area contributed by atoms with E-state index in [1.165, 1.54) is 13.2 Å². The SMILES string of the molecule is CNCc1cccc(F)c1SCC(=O)OC. The Bertz CT molecular complexity index is 371. The third-order valence-electron chi connectivity index (χ3n) is 1.98. The Morgan fingerprint density at radius 3 is 2.94 bits per heavy atom. The van der Waals surface area contributed by atoms with E-state index in [1.807, 2.05) is 6.07 Å². The minimum Gasteiger partial charge on any atom is -0.468 e. The van der Waals surface area contributed by atoms with Crippen LogP contribution in [0.1, 0.15) is 5.56 Å². The molecule has 0 radical (unpaired) electrons. The normalized spacial score (nSPS) is 10.2. The fraction of sp³-hybridized carbons (Fsp3) is 0.364. The Morgan fingerprint density at radius 1 is 1.56 bits per heavy atom. The zero-order valence-corrected chi connectivity index (χ0v) is 10.1. The largest absolute Gasteiger partial charge is 0.468 e. The summed E-state index contributed by atoms with van der Waals surface area (Å²) in [6, 6.07) is 4.88. The van der Waals surface area contributed by atoms with Crippen LogP contribution in [0.15, 0.2) is 23.1 Å². The van der Waals surface area contributed by atoms with Gasteiger partial charge in [0, 0.05) is 11.4 Å². The molecule has 0 amide bonds. The molecule has 0 unspecified atom stereocenters. The molecule has 0 fully saturated rings. The van der Waals surface area contributed by atoms with Crippen molar-refractivity contribution < 1.29 is 13.9 Å². The molecule has 3 nitrogen and oxygen atoms in total. The quantitative estimate of drug-likeness (QED) is 0.632. The molecule has 1 aromatic rings. The van der Waals surface area contributed by atoms with Crippen LogP contribution in [0.5, 0.6) is 0 Å². The van der Waals surface area contributed by atoms with E-state index in [-0.39, 0.29) is 17.5 Å². The third kappa shape index (κ3) is 3.50. The second-order valence-electron chi connectivity index (χ2n) is 3.12. The van der Waals surface area contributed by atoms with Gasteiger partial charge in [-0.3, -0.25) is 4.79 Å². The number of benzene rings is 1. The first-order chi connectivity index (χ1) is 7.69. The lowest BCUT2D eigenvalue weighted by Crippen LogP contribution is -2.08. The summed E-state index contributed by atoms with van der Waals surface area (Å²) in [4.78, 5) is 11.5. The van der Waals surface area contributed by atoms with Gasteiger partial charge in [-0.15, -0.1) is 11.8 Å². The van der Waals surface area contributed by atoms with E-state index < -0.39 is 0 Å². The first kappa shape index (κ1) is 13.0. The minimum absolute atomic E-state index is 0.119. The van der Waals surface area contributed by atoms with Gasteiger partial charge in [-0.05, 0) is 18.7 Å². The number of thioether (sulfide) groups is 1. The molecule has 16 heavy (non-hydrogen) atoms. The lowest BCUT2D eigenvalue weighted by molar-refractivity contribution is -0.137. The van der Waals surface area contributed by atoms with Crippen molar-refractivity contribution in [2.24, 2.45) is 0 Å². The molecule has 1 rings (SSSR count). The molecule has 0 heterocycles. The molecular weight excluding hydrogens is 229 g/mol. The van der Waals surface area contributed by atoms with Crippen molar-refractivity contribution >= 4 is 17.7 Å². The molecule has 0 aliphatic rings. The van der Waals surface area contributed by atoms with Gasteiger partial charge < -0.3 is 10.1 Å². The van der Waals surface area contributed by atoms with Gasteiger partial charge in [0.2, 0.25) is 0 Å². The molecule has 0 saturated heterocycles. The fourth-order valence-corrected chi connectivity index (χ4v) is 2.15. The number of nitrogens with one attached hydrogen (secondary N) is 1. The van der Waals surface area contributed by atoms with Crippen molar-refractivity contribution in [3.63, 3.8) is 0 Å².